The highest BCUT2D eigenvalue weighted by molar-refractivity contribution is 8.01. The third kappa shape index (κ3) is 5.43. The van der Waals surface area contributed by atoms with E-state index in [4.69, 9.17) is 13.9 Å². The maximum Gasteiger partial charge on any atom is 0.323 e. The Morgan fingerprint density at radius 3 is 2.62 bits per heavy atom. The second-order valence-electron chi connectivity index (χ2n) is 7.24. The maximum atomic E-state index is 12.5. The topological polar surface area (TPSA) is 115 Å². The third-order valence-corrected chi connectivity index (χ3v) is 6.95. The summed E-state index contributed by atoms with van der Waals surface area (Å²) in [4.78, 5) is 29.1. The lowest BCUT2D eigenvalue weighted by Gasteiger charge is -2.19. The number of fused-ring (bicyclic) bond motifs is 2. The van der Waals surface area contributed by atoms with E-state index in [-0.39, 0.29) is 17.7 Å². The van der Waals surface area contributed by atoms with E-state index >= 15 is 0 Å². The molecule has 3 heterocycles. The number of aromatic nitrogens is 1. The molecule has 0 saturated carbocycles. The molecule has 5 rings (SSSR count). The number of thioether (sulfide) groups is 1. The maximum absolute atomic E-state index is 12.5. The summed E-state index contributed by atoms with van der Waals surface area (Å²) in [5.74, 6) is 2.13. The van der Waals surface area contributed by atoms with Gasteiger partial charge in [0.05, 0.1) is 28.8 Å². The van der Waals surface area contributed by atoms with Gasteiger partial charge < -0.3 is 29.8 Å². The zero-order valence-electron chi connectivity index (χ0n) is 17.8. The van der Waals surface area contributed by atoms with E-state index in [1.54, 1.807) is 36.6 Å². The number of carbonyl (C=O) groups is 2. The van der Waals surface area contributed by atoms with Crippen molar-refractivity contribution in [2.24, 2.45) is 0 Å². The average molecular weight is 497 g/mol. The molecule has 34 heavy (non-hydrogen) atoms. The van der Waals surface area contributed by atoms with Crippen LogP contribution in [0.3, 0.4) is 0 Å². The molecule has 2 aromatic carbocycles. The molecule has 0 atom stereocenters. The summed E-state index contributed by atoms with van der Waals surface area (Å²) in [5.41, 5.74) is 2.05. The van der Waals surface area contributed by atoms with E-state index in [9.17, 15) is 9.59 Å². The molecule has 0 aliphatic carbocycles. The fourth-order valence-electron chi connectivity index (χ4n) is 3.23. The molecule has 174 valence electrons. The number of benzene rings is 2. The fourth-order valence-corrected chi connectivity index (χ4v) is 5.17. The number of rotatable bonds is 7. The average Bonchev–Trinajstić information content (AvgIpc) is 3.50. The highest BCUT2D eigenvalue weighted by Crippen LogP contribution is 2.33. The first-order valence-electron chi connectivity index (χ1n) is 10.4. The van der Waals surface area contributed by atoms with Gasteiger partial charge in [-0.05, 0) is 42.5 Å². The molecular weight excluding hydrogens is 476 g/mol. The summed E-state index contributed by atoms with van der Waals surface area (Å²) < 4.78 is 17.9. The van der Waals surface area contributed by atoms with Gasteiger partial charge in [-0.3, -0.25) is 4.79 Å². The predicted octanol–water partition coefficient (Wildman–Crippen LogP) is 4.71. The van der Waals surface area contributed by atoms with Crippen molar-refractivity contribution in [3.63, 3.8) is 0 Å². The Kier molecular flexibility index (Phi) is 6.54. The summed E-state index contributed by atoms with van der Waals surface area (Å²) in [6.07, 6.45) is 1.57. The largest absolute Gasteiger partial charge is 0.486 e. The quantitative estimate of drug-likeness (QED) is 0.317. The predicted molar refractivity (Wildman–Crippen MR) is 131 cm³/mol. The van der Waals surface area contributed by atoms with Crippen LogP contribution in [0.2, 0.25) is 0 Å². The zero-order valence-corrected chi connectivity index (χ0v) is 19.5. The molecule has 3 amide bonds. The van der Waals surface area contributed by atoms with Crippen LogP contribution >= 0.6 is 23.1 Å². The van der Waals surface area contributed by atoms with Gasteiger partial charge in [-0.2, -0.15) is 0 Å². The van der Waals surface area contributed by atoms with Crippen molar-refractivity contribution >= 4 is 56.6 Å². The van der Waals surface area contributed by atoms with Gasteiger partial charge in [0, 0.05) is 17.4 Å². The van der Waals surface area contributed by atoms with Crippen molar-refractivity contribution in [1.29, 1.82) is 0 Å². The molecular formula is C23H20N4O5S2. The van der Waals surface area contributed by atoms with Crippen molar-refractivity contribution < 1.29 is 23.5 Å². The van der Waals surface area contributed by atoms with Crippen molar-refractivity contribution in [2.45, 2.75) is 10.9 Å². The van der Waals surface area contributed by atoms with E-state index in [0.717, 1.165) is 14.6 Å². The lowest BCUT2D eigenvalue weighted by molar-refractivity contribution is -0.118. The fraction of sp³-hybridized carbons (Fsp3) is 0.174. The van der Waals surface area contributed by atoms with Gasteiger partial charge in [0.15, 0.2) is 15.8 Å². The highest BCUT2D eigenvalue weighted by atomic mass is 32.2. The smallest absolute Gasteiger partial charge is 0.323 e. The summed E-state index contributed by atoms with van der Waals surface area (Å²) >= 11 is 2.83. The Morgan fingerprint density at radius 1 is 1.00 bits per heavy atom. The molecule has 1 aliphatic rings. The molecule has 0 radical (unpaired) electrons. The van der Waals surface area contributed by atoms with Crippen LogP contribution in [-0.2, 0) is 11.3 Å². The number of nitrogens with zero attached hydrogens (tertiary/aromatic N) is 1. The number of nitrogens with one attached hydrogen (secondary N) is 3. The molecule has 9 nitrogen and oxygen atoms in total. The number of furan rings is 1. The molecule has 3 N–H and O–H groups in total. The molecule has 0 fully saturated rings. The van der Waals surface area contributed by atoms with E-state index < -0.39 is 0 Å². The number of carbonyl (C=O) groups excluding carboxylic acids is 2. The van der Waals surface area contributed by atoms with Crippen molar-refractivity contribution in [3.05, 3.63) is 60.6 Å². The summed E-state index contributed by atoms with van der Waals surface area (Å²) in [5, 5.41) is 8.44. The van der Waals surface area contributed by atoms with E-state index in [1.807, 2.05) is 18.2 Å². The molecule has 2 aromatic heterocycles. The molecule has 0 unspecified atom stereocenters. The van der Waals surface area contributed by atoms with Gasteiger partial charge in [-0.15, -0.1) is 11.3 Å². The van der Waals surface area contributed by atoms with Gasteiger partial charge in [0.1, 0.15) is 19.0 Å². The van der Waals surface area contributed by atoms with Crippen LogP contribution in [0.1, 0.15) is 5.76 Å². The van der Waals surface area contributed by atoms with Gasteiger partial charge in [-0.1, -0.05) is 11.8 Å². The minimum Gasteiger partial charge on any atom is -0.486 e. The first kappa shape index (κ1) is 22.1. The van der Waals surface area contributed by atoms with Crippen LogP contribution in [0, 0.1) is 0 Å². The minimum atomic E-state index is -0.372. The van der Waals surface area contributed by atoms with E-state index in [0.29, 0.717) is 48.4 Å². The number of hydrogen-bond acceptors (Lipinski definition) is 8. The van der Waals surface area contributed by atoms with Gasteiger partial charge in [-0.25, -0.2) is 9.78 Å². The third-order valence-electron chi connectivity index (χ3n) is 4.79. The number of thiazole rings is 1. The highest BCUT2D eigenvalue weighted by Gasteiger charge is 2.14. The number of amides is 3. The van der Waals surface area contributed by atoms with Crippen molar-refractivity contribution in [3.8, 4) is 11.5 Å². The van der Waals surface area contributed by atoms with Crippen LogP contribution in [-0.4, -0.2) is 35.9 Å². The number of urea groups is 1. The van der Waals surface area contributed by atoms with E-state index in [2.05, 4.69) is 20.9 Å². The number of hydrogen-bond donors (Lipinski definition) is 3. The molecule has 0 saturated heterocycles. The first-order chi connectivity index (χ1) is 16.6. The standard InChI is InChI=1S/C23H20N4O5S2/c28-21(24-12-16-2-1-7-30-16)13-33-23-27-17-5-3-15(11-20(17)34-23)26-22(29)25-14-4-6-18-19(10-14)32-9-8-31-18/h1-7,10-11H,8-9,12-13H2,(H,24,28)(H2,25,26,29). The van der Waals surface area contributed by atoms with Gasteiger partial charge >= 0.3 is 6.03 Å². The summed E-state index contributed by atoms with van der Waals surface area (Å²) in [7, 11) is 0. The normalized spacial score (nSPS) is 12.4. The van der Waals surface area contributed by atoms with Crippen molar-refractivity contribution in [1.82, 2.24) is 10.3 Å². The van der Waals surface area contributed by atoms with Crippen LogP contribution in [0.4, 0.5) is 16.2 Å². The Labute approximate surface area is 202 Å². The minimum absolute atomic E-state index is 0.0983. The second kappa shape index (κ2) is 10.1. The lowest BCUT2D eigenvalue weighted by atomic mass is 10.2. The monoisotopic (exact) mass is 496 g/mol. The first-order valence-corrected chi connectivity index (χ1v) is 12.2. The lowest BCUT2D eigenvalue weighted by Crippen LogP contribution is -2.24. The Bertz CT molecular complexity index is 1320. The van der Waals surface area contributed by atoms with Crippen LogP contribution in [0.5, 0.6) is 11.5 Å². The molecule has 0 spiro atoms. The Morgan fingerprint density at radius 2 is 1.79 bits per heavy atom. The number of ether oxygens (including phenoxy) is 2. The molecule has 1 aliphatic heterocycles. The SMILES string of the molecule is O=C(CSc1nc2ccc(NC(=O)Nc3ccc4c(c3)OCCO4)cc2s1)NCc1ccco1. The molecule has 4 aromatic rings. The second-order valence-corrected chi connectivity index (χ2v) is 9.50. The zero-order chi connectivity index (χ0) is 23.3. The number of anilines is 2. The van der Waals surface area contributed by atoms with Crippen LogP contribution < -0.4 is 25.4 Å². The van der Waals surface area contributed by atoms with Crippen LogP contribution in [0.15, 0.2) is 63.6 Å². The van der Waals surface area contributed by atoms with Crippen molar-refractivity contribution in [2.75, 3.05) is 29.6 Å². The molecule has 11 heteroatoms. The van der Waals surface area contributed by atoms with Gasteiger partial charge in [0.25, 0.3) is 0 Å². The Hall–Kier alpha value is -3.70. The van der Waals surface area contributed by atoms with Crippen LogP contribution in [0.25, 0.3) is 10.2 Å². The summed E-state index contributed by atoms with van der Waals surface area (Å²) in [6.45, 7) is 1.35. The summed E-state index contributed by atoms with van der Waals surface area (Å²) in [6, 6.07) is 14.0. The Balaban J connectivity index is 1.15. The van der Waals surface area contributed by atoms with Gasteiger partial charge in [0.2, 0.25) is 5.91 Å². The molecule has 0 bridgehead atoms. The van der Waals surface area contributed by atoms with E-state index in [1.165, 1.54) is 23.1 Å².